The topological polar surface area (TPSA) is 88.4 Å². The molecule has 0 spiro atoms. The van der Waals surface area contributed by atoms with Crippen LogP contribution >= 0.6 is 0 Å². The van der Waals surface area contributed by atoms with Crippen molar-refractivity contribution < 1.29 is 14.4 Å². The first-order chi connectivity index (χ1) is 15.4. The van der Waals surface area contributed by atoms with E-state index in [1.54, 1.807) is 41.2 Å². The Morgan fingerprint density at radius 2 is 1.78 bits per heavy atom. The maximum Gasteiger partial charge on any atom is 0.261 e. The lowest BCUT2D eigenvalue weighted by atomic mass is 10.0. The maximum absolute atomic E-state index is 13.1. The highest BCUT2D eigenvalue weighted by Crippen LogP contribution is 2.27. The molecule has 3 aromatic rings. The van der Waals surface area contributed by atoms with Gasteiger partial charge in [0.2, 0.25) is 0 Å². The van der Waals surface area contributed by atoms with Gasteiger partial charge in [0.15, 0.2) is 0 Å². The molecule has 0 fully saturated rings. The number of aromatic nitrogens is 3. The Balaban J connectivity index is 1.52. The Kier molecular flexibility index (Phi) is 5.85. The van der Waals surface area contributed by atoms with Crippen molar-refractivity contribution in [3.8, 4) is 5.69 Å². The number of carbonyl (C=O) groups is 3. The molecule has 1 unspecified atom stereocenters. The number of carbonyl (C=O) groups excluding carboxylic acids is 3. The third kappa shape index (κ3) is 3.79. The lowest BCUT2D eigenvalue weighted by molar-refractivity contribution is 0.0651. The molecule has 1 aromatic heterocycles. The number of rotatable bonds is 7. The molecule has 1 aliphatic heterocycles. The van der Waals surface area contributed by atoms with Crippen molar-refractivity contribution in [2.75, 3.05) is 13.6 Å². The van der Waals surface area contributed by atoms with Crippen LogP contribution in [0.3, 0.4) is 0 Å². The molecule has 0 bridgehead atoms. The fourth-order valence-electron chi connectivity index (χ4n) is 3.79. The number of hydrogen-bond donors (Lipinski definition) is 0. The quantitative estimate of drug-likeness (QED) is 0.534. The van der Waals surface area contributed by atoms with Gasteiger partial charge < -0.3 is 4.90 Å². The van der Waals surface area contributed by atoms with Crippen molar-refractivity contribution >= 4 is 17.7 Å². The van der Waals surface area contributed by atoms with Crippen molar-refractivity contribution in [1.82, 2.24) is 24.6 Å². The molecular weight excluding hydrogens is 406 g/mol. The summed E-state index contributed by atoms with van der Waals surface area (Å²) in [6.45, 7) is 4.35. The number of benzene rings is 2. The van der Waals surface area contributed by atoms with E-state index in [4.69, 9.17) is 0 Å². The van der Waals surface area contributed by atoms with Crippen molar-refractivity contribution in [2.24, 2.45) is 0 Å². The highest BCUT2D eigenvalue weighted by Gasteiger charge is 2.35. The van der Waals surface area contributed by atoms with Crippen LogP contribution in [0.25, 0.3) is 5.69 Å². The molecule has 0 N–H and O–H groups in total. The molecule has 2 aromatic carbocycles. The predicted octanol–water partition coefficient (Wildman–Crippen LogP) is 3.50. The number of imide groups is 1. The Labute approximate surface area is 186 Å². The molecule has 3 amide bonds. The lowest BCUT2D eigenvalue weighted by Gasteiger charge is -2.25. The number of fused-ring (bicyclic) bond motifs is 1. The molecule has 4 rings (SSSR count). The summed E-state index contributed by atoms with van der Waals surface area (Å²) in [5.41, 5.74) is 2.89. The second-order valence-electron chi connectivity index (χ2n) is 7.90. The average Bonchev–Trinajstić information content (AvgIpc) is 3.44. The number of unbranched alkanes of at least 4 members (excludes halogenated alkanes) is 1. The van der Waals surface area contributed by atoms with Gasteiger partial charge in [-0.15, -0.1) is 0 Å². The van der Waals surface area contributed by atoms with Gasteiger partial charge in [0.1, 0.15) is 12.7 Å². The highest BCUT2D eigenvalue weighted by atomic mass is 16.2. The van der Waals surface area contributed by atoms with E-state index in [0.29, 0.717) is 23.2 Å². The summed E-state index contributed by atoms with van der Waals surface area (Å²) >= 11 is 0. The van der Waals surface area contributed by atoms with Gasteiger partial charge in [-0.1, -0.05) is 25.5 Å². The molecule has 0 aliphatic carbocycles. The molecule has 1 aliphatic rings. The van der Waals surface area contributed by atoms with Crippen LogP contribution < -0.4 is 0 Å². The van der Waals surface area contributed by atoms with Gasteiger partial charge >= 0.3 is 0 Å². The fourth-order valence-corrected chi connectivity index (χ4v) is 3.79. The number of hydrogen-bond acceptors (Lipinski definition) is 5. The summed E-state index contributed by atoms with van der Waals surface area (Å²) in [5.74, 6) is -0.827. The third-order valence-corrected chi connectivity index (χ3v) is 5.91. The Morgan fingerprint density at radius 1 is 1.06 bits per heavy atom. The van der Waals surface area contributed by atoms with Gasteiger partial charge in [-0.05, 0) is 49.2 Å². The van der Waals surface area contributed by atoms with E-state index in [0.717, 1.165) is 24.1 Å². The minimum absolute atomic E-state index is 0.195. The first-order valence-corrected chi connectivity index (χ1v) is 10.6. The lowest BCUT2D eigenvalue weighted by Crippen LogP contribution is -2.30. The molecule has 0 radical (unpaired) electrons. The molecule has 0 saturated heterocycles. The molecule has 0 saturated carbocycles. The van der Waals surface area contributed by atoms with Crippen LogP contribution in [0.1, 0.15) is 69.4 Å². The average molecular weight is 431 g/mol. The summed E-state index contributed by atoms with van der Waals surface area (Å²) in [6.07, 6.45) is 4.74. The molecule has 8 nitrogen and oxygen atoms in total. The van der Waals surface area contributed by atoms with Crippen molar-refractivity contribution in [2.45, 2.75) is 32.7 Å². The van der Waals surface area contributed by atoms with Gasteiger partial charge in [0, 0.05) is 19.2 Å². The van der Waals surface area contributed by atoms with Gasteiger partial charge in [-0.3, -0.25) is 19.3 Å². The van der Waals surface area contributed by atoms with Crippen LogP contribution in [0.15, 0.2) is 55.1 Å². The zero-order valence-corrected chi connectivity index (χ0v) is 18.4. The first kappa shape index (κ1) is 21.4. The molecule has 1 atom stereocenters. The van der Waals surface area contributed by atoms with E-state index in [1.807, 2.05) is 38.1 Å². The van der Waals surface area contributed by atoms with E-state index >= 15 is 0 Å². The largest absolute Gasteiger partial charge is 0.335 e. The number of amides is 3. The second-order valence-corrected chi connectivity index (χ2v) is 7.90. The van der Waals surface area contributed by atoms with Gasteiger partial charge in [-0.25, -0.2) is 9.67 Å². The van der Waals surface area contributed by atoms with Crippen LogP contribution in [-0.2, 0) is 0 Å². The van der Waals surface area contributed by atoms with Crippen molar-refractivity contribution in [3.63, 3.8) is 0 Å². The maximum atomic E-state index is 13.1. The normalized spacial score (nSPS) is 13.9. The van der Waals surface area contributed by atoms with Gasteiger partial charge in [0.05, 0.1) is 22.9 Å². The summed E-state index contributed by atoms with van der Waals surface area (Å²) in [4.78, 5) is 45.2. The molecule has 2 heterocycles. The fraction of sp³-hybridized carbons (Fsp3) is 0.292. The first-order valence-electron chi connectivity index (χ1n) is 10.6. The molecule has 32 heavy (non-hydrogen) atoms. The Morgan fingerprint density at radius 3 is 2.44 bits per heavy atom. The van der Waals surface area contributed by atoms with Crippen LogP contribution in [0.5, 0.6) is 0 Å². The zero-order valence-electron chi connectivity index (χ0n) is 18.4. The molecule has 164 valence electrons. The van der Waals surface area contributed by atoms with E-state index in [9.17, 15) is 14.4 Å². The summed E-state index contributed by atoms with van der Waals surface area (Å²) in [5, 5.41) is 4.11. The molecular formula is C24H25N5O3. The van der Waals surface area contributed by atoms with Gasteiger partial charge in [-0.2, -0.15) is 5.10 Å². The van der Waals surface area contributed by atoms with Crippen LogP contribution in [0.2, 0.25) is 0 Å². The van der Waals surface area contributed by atoms with E-state index in [1.165, 1.54) is 11.2 Å². The monoisotopic (exact) mass is 431 g/mol. The van der Waals surface area contributed by atoms with Gasteiger partial charge in [0.25, 0.3) is 17.7 Å². The summed E-state index contributed by atoms with van der Waals surface area (Å²) in [7, 11) is 1.73. The molecule has 8 heteroatoms. The summed E-state index contributed by atoms with van der Waals surface area (Å²) in [6, 6.07) is 12.3. The minimum Gasteiger partial charge on any atom is -0.335 e. The van der Waals surface area contributed by atoms with E-state index < -0.39 is 0 Å². The standard InChI is InChI=1S/C24H25N5O3/c1-4-5-12-28-23(31)20-11-8-18(13-21(20)24(28)32)22(30)27(3)16(2)17-6-9-19(10-7-17)29-15-25-14-26-29/h6-11,13-16H,4-5,12H2,1-3H3. The van der Waals surface area contributed by atoms with Crippen LogP contribution in [0.4, 0.5) is 0 Å². The Hall–Kier alpha value is -3.81. The summed E-state index contributed by atoms with van der Waals surface area (Å²) < 4.78 is 1.66. The van der Waals surface area contributed by atoms with E-state index in [-0.39, 0.29) is 23.8 Å². The van der Waals surface area contributed by atoms with E-state index in [2.05, 4.69) is 10.1 Å². The number of nitrogens with zero attached hydrogens (tertiary/aromatic N) is 5. The zero-order chi connectivity index (χ0) is 22.8. The minimum atomic E-state index is -0.326. The van der Waals surface area contributed by atoms with Crippen LogP contribution in [-0.4, -0.2) is 55.9 Å². The smallest absolute Gasteiger partial charge is 0.261 e. The highest BCUT2D eigenvalue weighted by molar-refractivity contribution is 6.22. The third-order valence-electron chi connectivity index (χ3n) is 5.91. The second kappa shape index (κ2) is 8.74. The van der Waals surface area contributed by atoms with Crippen molar-refractivity contribution in [1.29, 1.82) is 0 Å². The van der Waals surface area contributed by atoms with Crippen molar-refractivity contribution in [3.05, 3.63) is 77.4 Å². The van der Waals surface area contributed by atoms with Crippen LogP contribution in [0, 0.1) is 0 Å². The SMILES string of the molecule is CCCCN1C(=O)c2ccc(C(=O)N(C)C(C)c3ccc(-n4cncn4)cc3)cc2C1=O. The predicted molar refractivity (Wildman–Crippen MR) is 119 cm³/mol. The Bertz CT molecular complexity index is 1150.